The van der Waals surface area contributed by atoms with Gasteiger partial charge in [0.15, 0.2) is 0 Å². The van der Waals surface area contributed by atoms with Gasteiger partial charge in [-0.2, -0.15) is 0 Å². The Hall–Kier alpha value is -1.52. The molecule has 20 heavy (non-hydrogen) atoms. The predicted molar refractivity (Wildman–Crippen MR) is 84.3 cm³/mol. The lowest BCUT2D eigenvalue weighted by molar-refractivity contribution is -0.115. The van der Waals surface area contributed by atoms with Crippen LogP contribution in [0.4, 0.5) is 5.69 Å². The Labute approximate surface area is 127 Å². The average Bonchev–Trinajstić information content (AvgIpc) is 2.47. The van der Waals surface area contributed by atoms with Crippen molar-refractivity contribution in [3.63, 3.8) is 0 Å². The zero-order valence-electron chi connectivity index (χ0n) is 11.0. The van der Waals surface area contributed by atoms with E-state index in [1.165, 1.54) is 11.8 Å². The standard InChI is InChI=1S/C15H15ClN2OS/c1-2-14(20-13-7-5-11(16)6-8-13)15(19)18-12-4-3-9-17-10-12/h3-10,14H,2H2,1H3,(H,18,19)/t14-/m1/s1. The van der Waals surface area contributed by atoms with E-state index in [0.29, 0.717) is 10.7 Å². The van der Waals surface area contributed by atoms with Crippen LogP contribution in [0.1, 0.15) is 13.3 Å². The molecule has 1 amide bonds. The summed E-state index contributed by atoms with van der Waals surface area (Å²) in [5.74, 6) is -0.0135. The number of halogens is 1. The molecule has 3 nitrogen and oxygen atoms in total. The van der Waals surface area contributed by atoms with Crippen molar-refractivity contribution in [1.29, 1.82) is 0 Å². The molecular formula is C15H15ClN2OS. The van der Waals surface area contributed by atoms with Gasteiger partial charge in [0, 0.05) is 16.1 Å². The molecular weight excluding hydrogens is 292 g/mol. The Morgan fingerprint density at radius 2 is 2.10 bits per heavy atom. The summed E-state index contributed by atoms with van der Waals surface area (Å²) < 4.78 is 0. The van der Waals surface area contributed by atoms with Gasteiger partial charge in [0.25, 0.3) is 0 Å². The molecule has 1 heterocycles. The second-order valence-electron chi connectivity index (χ2n) is 4.20. The molecule has 104 valence electrons. The maximum absolute atomic E-state index is 12.2. The lowest BCUT2D eigenvalue weighted by atomic mass is 10.3. The summed E-state index contributed by atoms with van der Waals surface area (Å²) in [6.07, 6.45) is 4.06. The van der Waals surface area contributed by atoms with Gasteiger partial charge in [-0.3, -0.25) is 9.78 Å². The van der Waals surface area contributed by atoms with Gasteiger partial charge in [-0.05, 0) is 42.8 Å². The van der Waals surface area contributed by atoms with E-state index in [9.17, 15) is 4.79 Å². The lowest BCUT2D eigenvalue weighted by Crippen LogP contribution is -2.24. The van der Waals surface area contributed by atoms with E-state index in [-0.39, 0.29) is 11.2 Å². The minimum atomic E-state index is -0.142. The maximum Gasteiger partial charge on any atom is 0.237 e. The number of aromatic nitrogens is 1. The van der Waals surface area contributed by atoms with Crippen LogP contribution in [0.3, 0.4) is 0 Å². The van der Waals surface area contributed by atoms with Crippen LogP contribution in [0.15, 0.2) is 53.7 Å². The van der Waals surface area contributed by atoms with Gasteiger partial charge in [-0.15, -0.1) is 11.8 Å². The van der Waals surface area contributed by atoms with Crippen molar-refractivity contribution in [2.24, 2.45) is 0 Å². The van der Waals surface area contributed by atoms with E-state index in [4.69, 9.17) is 11.6 Å². The van der Waals surface area contributed by atoms with Crippen molar-refractivity contribution in [3.8, 4) is 0 Å². The van der Waals surface area contributed by atoms with Crippen molar-refractivity contribution in [3.05, 3.63) is 53.8 Å². The monoisotopic (exact) mass is 306 g/mol. The number of hydrogen-bond acceptors (Lipinski definition) is 3. The summed E-state index contributed by atoms with van der Waals surface area (Å²) in [6, 6.07) is 11.1. The van der Waals surface area contributed by atoms with Crippen LogP contribution in [-0.2, 0) is 4.79 Å². The summed E-state index contributed by atoms with van der Waals surface area (Å²) in [4.78, 5) is 17.2. The van der Waals surface area contributed by atoms with E-state index >= 15 is 0 Å². The number of anilines is 1. The number of carbonyl (C=O) groups excluding carboxylic acids is 1. The first-order valence-electron chi connectivity index (χ1n) is 6.32. The SMILES string of the molecule is CC[C@@H](Sc1ccc(Cl)cc1)C(=O)Nc1cccnc1. The number of benzene rings is 1. The second kappa shape index (κ2) is 7.31. The lowest BCUT2D eigenvalue weighted by Gasteiger charge is -2.14. The van der Waals surface area contributed by atoms with Crippen LogP contribution in [0.2, 0.25) is 5.02 Å². The Morgan fingerprint density at radius 1 is 1.35 bits per heavy atom. The fourth-order valence-corrected chi connectivity index (χ4v) is 2.74. The molecule has 0 saturated carbocycles. The summed E-state index contributed by atoms with van der Waals surface area (Å²) in [5.41, 5.74) is 0.715. The molecule has 0 aliphatic heterocycles. The molecule has 0 aliphatic rings. The highest BCUT2D eigenvalue weighted by Gasteiger charge is 2.18. The average molecular weight is 307 g/mol. The Morgan fingerprint density at radius 3 is 2.70 bits per heavy atom. The molecule has 1 atom stereocenters. The maximum atomic E-state index is 12.2. The van der Waals surface area contributed by atoms with Gasteiger partial charge in [0.05, 0.1) is 17.1 Å². The zero-order chi connectivity index (χ0) is 14.4. The van der Waals surface area contributed by atoms with Gasteiger partial charge in [0.1, 0.15) is 0 Å². The van der Waals surface area contributed by atoms with Gasteiger partial charge < -0.3 is 5.32 Å². The van der Waals surface area contributed by atoms with Crippen molar-refractivity contribution < 1.29 is 4.79 Å². The normalized spacial score (nSPS) is 11.9. The highest BCUT2D eigenvalue weighted by atomic mass is 35.5. The minimum Gasteiger partial charge on any atom is -0.324 e. The van der Waals surface area contributed by atoms with Crippen LogP contribution in [0.5, 0.6) is 0 Å². The molecule has 1 aromatic heterocycles. The predicted octanol–water partition coefficient (Wildman–Crippen LogP) is 4.24. The third kappa shape index (κ3) is 4.25. The molecule has 0 bridgehead atoms. The fraction of sp³-hybridized carbons (Fsp3) is 0.200. The van der Waals surface area contributed by atoms with Gasteiger partial charge in [-0.1, -0.05) is 18.5 Å². The molecule has 1 aromatic carbocycles. The van der Waals surface area contributed by atoms with Crippen LogP contribution in [0, 0.1) is 0 Å². The molecule has 0 fully saturated rings. The largest absolute Gasteiger partial charge is 0.324 e. The van der Waals surface area contributed by atoms with Crippen LogP contribution < -0.4 is 5.32 Å². The van der Waals surface area contributed by atoms with Gasteiger partial charge >= 0.3 is 0 Å². The topological polar surface area (TPSA) is 42.0 Å². The number of thioether (sulfide) groups is 1. The number of carbonyl (C=O) groups is 1. The highest BCUT2D eigenvalue weighted by molar-refractivity contribution is 8.00. The minimum absolute atomic E-state index is 0.0135. The molecule has 5 heteroatoms. The summed E-state index contributed by atoms with van der Waals surface area (Å²) >= 11 is 7.39. The van der Waals surface area contributed by atoms with Gasteiger partial charge in [-0.25, -0.2) is 0 Å². The number of amides is 1. The van der Waals surface area contributed by atoms with Crippen molar-refractivity contribution in [2.45, 2.75) is 23.5 Å². The summed E-state index contributed by atoms with van der Waals surface area (Å²) in [6.45, 7) is 2.00. The first kappa shape index (κ1) is 14.9. The molecule has 0 spiro atoms. The van der Waals surface area contributed by atoms with Crippen LogP contribution in [-0.4, -0.2) is 16.1 Å². The molecule has 0 unspecified atom stereocenters. The van der Waals surface area contributed by atoms with Gasteiger partial charge in [0.2, 0.25) is 5.91 Å². The summed E-state index contributed by atoms with van der Waals surface area (Å²) in [7, 11) is 0. The third-order valence-electron chi connectivity index (χ3n) is 2.68. The first-order chi connectivity index (χ1) is 9.69. The third-order valence-corrected chi connectivity index (χ3v) is 4.31. The molecule has 1 N–H and O–H groups in total. The van der Waals surface area contributed by atoms with Crippen molar-refractivity contribution >= 4 is 35.0 Å². The van der Waals surface area contributed by atoms with E-state index < -0.39 is 0 Å². The van der Waals surface area contributed by atoms with E-state index in [1.54, 1.807) is 18.5 Å². The number of nitrogens with one attached hydrogen (secondary N) is 1. The van der Waals surface area contributed by atoms with E-state index in [2.05, 4.69) is 10.3 Å². The number of rotatable bonds is 5. The first-order valence-corrected chi connectivity index (χ1v) is 7.58. The van der Waals surface area contributed by atoms with Crippen LogP contribution in [0.25, 0.3) is 0 Å². The number of nitrogens with zero attached hydrogens (tertiary/aromatic N) is 1. The van der Waals surface area contributed by atoms with E-state index in [0.717, 1.165) is 11.3 Å². The Kier molecular flexibility index (Phi) is 5.44. The quantitative estimate of drug-likeness (QED) is 0.840. The highest BCUT2D eigenvalue weighted by Crippen LogP contribution is 2.27. The zero-order valence-corrected chi connectivity index (χ0v) is 12.6. The van der Waals surface area contributed by atoms with E-state index in [1.807, 2.05) is 37.3 Å². The van der Waals surface area contributed by atoms with Crippen molar-refractivity contribution in [1.82, 2.24) is 4.98 Å². The molecule has 0 radical (unpaired) electrons. The summed E-state index contributed by atoms with van der Waals surface area (Å²) in [5, 5.41) is 3.43. The smallest absolute Gasteiger partial charge is 0.237 e. The van der Waals surface area contributed by atoms with Crippen LogP contribution >= 0.6 is 23.4 Å². The Bertz CT molecular complexity index is 560. The molecule has 0 aliphatic carbocycles. The number of pyridine rings is 1. The second-order valence-corrected chi connectivity index (χ2v) is 5.91. The molecule has 0 saturated heterocycles. The van der Waals surface area contributed by atoms with Crippen molar-refractivity contribution in [2.75, 3.05) is 5.32 Å². The number of hydrogen-bond donors (Lipinski definition) is 1. The Balaban J connectivity index is 2.00. The molecule has 2 aromatic rings. The fourth-order valence-electron chi connectivity index (χ4n) is 1.66. The molecule has 2 rings (SSSR count).